The highest BCUT2D eigenvalue weighted by atomic mass is 16.3. The Bertz CT molecular complexity index is 336. The number of piperidine rings is 1. The van der Waals surface area contributed by atoms with Crippen molar-refractivity contribution < 1.29 is 5.11 Å². The largest absolute Gasteiger partial charge is 0.508 e. The first kappa shape index (κ1) is 8.30. The zero-order chi connectivity index (χ0) is 9.60. The third kappa shape index (κ3) is 1.07. The molecule has 2 nitrogen and oxygen atoms in total. The molecule has 3 rings (SSSR count). The van der Waals surface area contributed by atoms with E-state index >= 15 is 0 Å². The molecule has 1 aliphatic heterocycles. The van der Waals surface area contributed by atoms with Gasteiger partial charge in [-0.25, -0.2) is 0 Å². The molecule has 1 aromatic carbocycles. The van der Waals surface area contributed by atoms with Gasteiger partial charge in [0.05, 0.1) is 0 Å². The lowest BCUT2D eigenvalue weighted by Crippen LogP contribution is -2.37. The highest BCUT2D eigenvalue weighted by molar-refractivity contribution is 5.33. The predicted molar refractivity (Wildman–Crippen MR) is 55.1 cm³/mol. The van der Waals surface area contributed by atoms with Crippen LogP contribution in [0.25, 0.3) is 0 Å². The Balaban J connectivity index is 1.98. The molecule has 2 N–H and O–H groups in total. The molecular weight excluding hydrogens is 174 g/mol. The van der Waals surface area contributed by atoms with Crippen molar-refractivity contribution in [3.05, 3.63) is 29.8 Å². The van der Waals surface area contributed by atoms with E-state index in [1.54, 1.807) is 12.1 Å². The van der Waals surface area contributed by atoms with E-state index in [0.29, 0.717) is 5.75 Å². The van der Waals surface area contributed by atoms with Crippen LogP contribution in [-0.2, 0) is 5.54 Å². The second-order valence-electron chi connectivity index (χ2n) is 4.62. The average molecular weight is 189 g/mol. The summed E-state index contributed by atoms with van der Waals surface area (Å²) >= 11 is 0. The second kappa shape index (κ2) is 2.74. The minimum absolute atomic E-state index is 0.234. The van der Waals surface area contributed by atoms with Gasteiger partial charge in [-0.2, -0.15) is 0 Å². The smallest absolute Gasteiger partial charge is 0.115 e. The average Bonchev–Trinajstić information content (AvgIpc) is 2.79. The molecule has 2 atom stereocenters. The van der Waals surface area contributed by atoms with Gasteiger partial charge in [0.25, 0.3) is 0 Å². The van der Waals surface area contributed by atoms with Gasteiger partial charge in [-0.3, -0.25) is 0 Å². The molecule has 0 spiro atoms. The summed E-state index contributed by atoms with van der Waals surface area (Å²) < 4.78 is 0. The van der Waals surface area contributed by atoms with Gasteiger partial charge >= 0.3 is 0 Å². The van der Waals surface area contributed by atoms with Gasteiger partial charge in [0.1, 0.15) is 5.75 Å². The molecule has 2 heteroatoms. The van der Waals surface area contributed by atoms with Crippen LogP contribution in [0.1, 0.15) is 24.8 Å². The quantitative estimate of drug-likeness (QED) is 0.708. The number of phenols is 1. The normalized spacial score (nSPS) is 35.0. The van der Waals surface area contributed by atoms with Crippen LogP contribution in [0.3, 0.4) is 0 Å². The van der Waals surface area contributed by atoms with E-state index in [1.165, 1.54) is 31.4 Å². The maximum atomic E-state index is 9.25. The number of phenolic OH excluding ortho intramolecular Hbond substituents is 1. The third-order valence-electron chi connectivity index (χ3n) is 3.77. The molecule has 0 aromatic heterocycles. The van der Waals surface area contributed by atoms with Gasteiger partial charge in [-0.05, 0) is 49.4 Å². The van der Waals surface area contributed by atoms with Gasteiger partial charge in [-0.15, -0.1) is 0 Å². The zero-order valence-electron chi connectivity index (χ0n) is 8.16. The van der Waals surface area contributed by atoms with E-state index in [1.807, 2.05) is 0 Å². The van der Waals surface area contributed by atoms with E-state index in [4.69, 9.17) is 0 Å². The topological polar surface area (TPSA) is 32.3 Å². The molecule has 2 fully saturated rings. The van der Waals surface area contributed by atoms with Crippen molar-refractivity contribution >= 4 is 0 Å². The molecule has 2 bridgehead atoms. The first-order valence-electron chi connectivity index (χ1n) is 5.33. The van der Waals surface area contributed by atoms with Crippen molar-refractivity contribution in [2.75, 3.05) is 6.54 Å². The van der Waals surface area contributed by atoms with Crippen LogP contribution < -0.4 is 5.32 Å². The lowest BCUT2D eigenvalue weighted by atomic mass is 9.89. The summed E-state index contributed by atoms with van der Waals surface area (Å²) in [5.74, 6) is 1.24. The fourth-order valence-corrected chi connectivity index (χ4v) is 2.97. The van der Waals surface area contributed by atoms with Crippen molar-refractivity contribution in [1.82, 2.24) is 5.32 Å². The summed E-state index contributed by atoms with van der Waals surface area (Å²) in [5, 5.41) is 12.9. The summed E-state index contributed by atoms with van der Waals surface area (Å²) in [7, 11) is 0. The molecule has 0 amide bonds. The monoisotopic (exact) mass is 189 g/mol. The summed E-state index contributed by atoms with van der Waals surface area (Å²) in [4.78, 5) is 0. The van der Waals surface area contributed by atoms with E-state index in [9.17, 15) is 5.11 Å². The van der Waals surface area contributed by atoms with Crippen LogP contribution in [0, 0.1) is 5.92 Å². The summed E-state index contributed by atoms with van der Waals surface area (Å²) in [5.41, 5.74) is 1.58. The first-order chi connectivity index (χ1) is 6.78. The summed E-state index contributed by atoms with van der Waals surface area (Å²) in [6.07, 6.45) is 3.88. The molecule has 1 aliphatic carbocycles. The van der Waals surface area contributed by atoms with Gasteiger partial charge in [-0.1, -0.05) is 12.1 Å². The molecule has 2 aliphatic rings. The van der Waals surface area contributed by atoms with E-state index in [2.05, 4.69) is 17.4 Å². The molecule has 14 heavy (non-hydrogen) atoms. The van der Waals surface area contributed by atoms with Gasteiger partial charge in [0.15, 0.2) is 0 Å². The van der Waals surface area contributed by atoms with Crippen LogP contribution in [-0.4, -0.2) is 11.7 Å². The lowest BCUT2D eigenvalue weighted by molar-refractivity contribution is 0.372. The van der Waals surface area contributed by atoms with Crippen LogP contribution in [0.5, 0.6) is 5.75 Å². The van der Waals surface area contributed by atoms with Crippen LogP contribution in [0.15, 0.2) is 24.3 Å². The highest BCUT2D eigenvalue weighted by Gasteiger charge is 2.45. The number of aromatic hydroxyl groups is 1. The number of nitrogens with one attached hydrogen (secondary N) is 1. The molecule has 1 saturated heterocycles. The van der Waals surface area contributed by atoms with Crippen molar-refractivity contribution in [3.8, 4) is 5.75 Å². The Kier molecular flexibility index (Phi) is 1.62. The van der Waals surface area contributed by atoms with Crippen LogP contribution in [0.4, 0.5) is 0 Å². The van der Waals surface area contributed by atoms with Crippen molar-refractivity contribution in [1.29, 1.82) is 0 Å². The Morgan fingerprint density at radius 3 is 2.57 bits per heavy atom. The minimum atomic E-state index is 0.234. The molecule has 1 heterocycles. The summed E-state index contributed by atoms with van der Waals surface area (Å²) in [6.45, 7) is 1.17. The molecule has 0 radical (unpaired) electrons. The van der Waals surface area contributed by atoms with Crippen LogP contribution in [0.2, 0.25) is 0 Å². The Morgan fingerprint density at radius 2 is 2.07 bits per heavy atom. The molecule has 1 saturated carbocycles. The maximum Gasteiger partial charge on any atom is 0.115 e. The predicted octanol–water partition coefficient (Wildman–Crippen LogP) is 1.99. The van der Waals surface area contributed by atoms with Gasteiger partial charge in [0, 0.05) is 5.54 Å². The number of rotatable bonds is 1. The number of benzene rings is 1. The fourth-order valence-electron chi connectivity index (χ4n) is 2.97. The number of fused-ring (bicyclic) bond motifs is 2. The molecule has 2 unspecified atom stereocenters. The number of hydrogen-bond donors (Lipinski definition) is 2. The lowest BCUT2D eigenvalue weighted by Gasteiger charge is -2.28. The van der Waals surface area contributed by atoms with E-state index in [-0.39, 0.29) is 5.54 Å². The van der Waals surface area contributed by atoms with Crippen LogP contribution >= 0.6 is 0 Å². The fraction of sp³-hybridized carbons (Fsp3) is 0.500. The highest BCUT2D eigenvalue weighted by Crippen LogP contribution is 2.46. The number of hydrogen-bond acceptors (Lipinski definition) is 2. The Labute approximate surface area is 84.0 Å². The van der Waals surface area contributed by atoms with E-state index in [0.717, 1.165) is 5.92 Å². The van der Waals surface area contributed by atoms with Gasteiger partial charge in [0.2, 0.25) is 0 Å². The second-order valence-corrected chi connectivity index (χ2v) is 4.62. The minimum Gasteiger partial charge on any atom is -0.508 e. The van der Waals surface area contributed by atoms with Crippen molar-refractivity contribution in [3.63, 3.8) is 0 Å². The standard InChI is InChI=1S/C12H15NO/c14-11-3-1-10(2-4-11)12-6-5-9(7-12)8-13-12/h1-4,9,13-14H,5-8H2. The van der Waals surface area contributed by atoms with E-state index < -0.39 is 0 Å². The van der Waals surface area contributed by atoms with Gasteiger partial charge < -0.3 is 10.4 Å². The summed E-state index contributed by atoms with van der Waals surface area (Å²) in [6, 6.07) is 7.68. The Morgan fingerprint density at radius 1 is 1.29 bits per heavy atom. The molecular formula is C12H15NO. The Hall–Kier alpha value is -1.02. The zero-order valence-corrected chi connectivity index (χ0v) is 8.16. The third-order valence-corrected chi connectivity index (χ3v) is 3.77. The first-order valence-corrected chi connectivity index (χ1v) is 5.33. The van der Waals surface area contributed by atoms with Crippen molar-refractivity contribution in [2.24, 2.45) is 5.92 Å². The maximum absolute atomic E-state index is 9.25. The SMILES string of the molecule is Oc1ccc(C23CCC(CN2)C3)cc1. The molecule has 1 aromatic rings. The molecule has 74 valence electrons. The van der Waals surface area contributed by atoms with Crippen molar-refractivity contribution in [2.45, 2.75) is 24.8 Å².